The van der Waals surface area contributed by atoms with Gasteiger partial charge in [0.05, 0.1) is 22.9 Å². The predicted octanol–water partition coefficient (Wildman–Crippen LogP) is 1.46. The Morgan fingerprint density at radius 2 is 2.18 bits per heavy atom. The van der Waals surface area contributed by atoms with Crippen molar-refractivity contribution in [2.24, 2.45) is 11.7 Å². The zero-order valence-corrected chi connectivity index (χ0v) is 15.3. The Balaban J connectivity index is 1.47. The first-order valence-electron chi connectivity index (χ1n) is 9.18. The van der Waals surface area contributed by atoms with Gasteiger partial charge in [0.25, 0.3) is 0 Å². The molecule has 142 valence electrons. The number of aromatic amines is 1. The summed E-state index contributed by atoms with van der Waals surface area (Å²) in [6.07, 6.45) is 4.00. The number of primary amides is 1. The molecule has 4 aromatic rings. The summed E-state index contributed by atoms with van der Waals surface area (Å²) in [7, 11) is 0. The highest BCUT2D eigenvalue weighted by atomic mass is 16.1. The number of H-pyrrole nitrogens is 1. The minimum atomic E-state index is -0.243. The van der Waals surface area contributed by atoms with Gasteiger partial charge in [-0.2, -0.15) is 9.67 Å². The molecule has 3 heterocycles. The average Bonchev–Trinajstić information content (AvgIpc) is 3.38. The molecule has 1 amide bonds. The van der Waals surface area contributed by atoms with Crippen LogP contribution in [0.5, 0.6) is 0 Å². The molecule has 10 heteroatoms. The van der Waals surface area contributed by atoms with E-state index >= 15 is 0 Å². The Morgan fingerprint density at radius 3 is 3.00 bits per heavy atom. The van der Waals surface area contributed by atoms with Crippen molar-refractivity contribution in [1.82, 2.24) is 34.9 Å². The zero-order valence-electron chi connectivity index (χ0n) is 15.3. The molecule has 1 saturated carbocycles. The molecule has 0 bridgehead atoms. The summed E-state index contributed by atoms with van der Waals surface area (Å²) < 4.78 is 1.68. The molecule has 1 aromatic carbocycles. The maximum Gasteiger partial charge on any atom is 0.225 e. The molecule has 0 saturated heterocycles. The molecule has 3 aromatic heterocycles. The lowest BCUT2D eigenvalue weighted by atomic mass is 10.1. The third-order valence-electron chi connectivity index (χ3n) is 5.19. The van der Waals surface area contributed by atoms with Gasteiger partial charge < -0.3 is 16.0 Å². The monoisotopic (exact) mass is 377 g/mol. The molecule has 5 rings (SSSR count). The van der Waals surface area contributed by atoms with Crippen LogP contribution in [-0.2, 0) is 4.79 Å². The SMILES string of the molecule is Cc1nc2ccc(-n3nnc4cnc(N[C@@H]5CC[C@@H](C(N)=O)C5)nc43)cc2[nH]1. The quantitative estimate of drug-likeness (QED) is 0.489. The Labute approximate surface area is 159 Å². The van der Waals surface area contributed by atoms with Crippen LogP contribution in [-0.4, -0.2) is 46.9 Å². The fourth-order valence-corrected chi connectivity index (χ4v) is 3.78. The topological polar surface area (TPSA) is 140 Å². The minimum absolute atomic E-state index is 0.0852. The molecule has 2 atom stereocenters. The number of nitrogens with one attached hydrogen (secondary N) is 2. The molecule has 1 aliphatic rings. The van der Waals surface area contributed by atoms with E-state index in [4.69, 9.17) is 5.73 Å². The lowest BCUT2D eigenvalue weighted by Gasteiger charge is -2.12. The van der Waals surface area contributed by atoms with Crippen LogP contribution in [0.4, 0.5) is 5.95 Å². The van der Waals surface area contributed by atoms with Crippen molar-refractivity contribution in [2.75, 3.05) is 5.32 Å². The molecular formula is C18H19N9O. The van der Waals surface area contributed by atoms with E-state index in [1.165, 1.54) is 0 Å². The van der Waals surface area contributed by atoms with Crippen molar-refractivity contribution in [2.45, 2.75) is 32.2 Å². The number of fused-ring (bicyclic) bond motifs is 2. The second-order valence-electron chi connectivity index (χ2n) is 7.18. The second-order valence-corrected chi connectivity index (χ2v) is 7.18. The van der Waals surface area contributed by atoms with Gasteiger partial charge in [-0.3, -0.25) is 4.79 Å². The Kier molecular flexibility index (Phi) is 3.71. The van der Waals surface area contributed by atoms with Gasteiger partial charge in [0.1, 0.15) is 5.82 Å². The van der Waals surface area contributed by atoms with Crippen LogP contribution in [0.15, 0.2) is 24.4 Å². The molecule has 28 heavy (non-hydrogen) atoms. The summed E-state index contributed by atoms with van der Waals surface area (Å²) in [5.74, 6) is 1.02. The van der Waals surface area contributed by atoms with Gasteiger partial charge in [-0.1, -0.05) is 5.21 Å². The van der Waals surface area contributed by atoms with Crippen molar-refractivity contribution in [3.63, 3.8) is 0 Å². The number of rotatable bonds is 4. The summed E-state index contributed by atoms with van der Waals surface area (Å²) in [6.45, 7) is 1.92. The van der Waals surface area contributed by atoms with Crippen molar-refractivity contribution < 1.29 is 4.79 Å². The maximum absolute atomic E-state index is 11.4. The van der Waals surface area contributed by atoms with E-state index in [1.54, 1.807) is 10.9 Å². The lowest BCUT2D eigenvalue weighted by Crippen LogP contribution is -2.23. The average molecular weight is 377 g/mol. The van der Waals surface area contributed by atoms with E-state index in [-0.39, 0.29) is 17.9 Å². The Bertz CT molecular complexity index is 1190. The molecule has 1 aliphatic carbocycles. The van der Waals surface area contributed by atoms with Gasteiger partial charge in [-0.15, -0.1) is 5.10 Å². The van der Waals surface area contributed by atoms with Crippen LogP contribution in [0, 0.1) is 12.8 Å². The largest absolute Gasteiger partial charge is 0.369 e. The standard InChI is InChI=1S/C18H19N9O/c1-9-21-13-5-4-12(7-14(13)22-9)27-17-15(25-26-27)8-20-18(24-17)23-11-3-2-10(6-11)16(19)28/h4-5,7-8,10-11H,2-3,6H2,1H3,(H2,19,28)(H,21,22)(H,20,23,24)/t10-,11-/m1/s1. The number of aromatic nitrogens is 7. The van der Waals surface area contributed by atoms with E-state index in [9.17, 15) is 4.79 Å². The molecule has 0 aliphatic heterocycles. The van der Waals surface area contributed by atoms with Crippen molar-refractivity contribution >= 4 is 34.1 Å². The van der Waals surface area contributed by atoms with E-state index < -0.39 is 0 Å². The van der Waals surface area contributed by atoms with Crippen LogP contribution < -0.4 is 11.1 Å². The number of imidazole rings is 1. The van der Waals surface area contributed by atoms with Crippen molar-refractivity contribution in [3.05, 3.63) is 30.2 Å². The molecule has 0 unspecified atom stereocenters. The highest BCUT2D eigenvalue weighted by Crippen LogP contribution is 2.27. The fourth-order valence-electron chi connectivity index (χ4n) is 3.78. The predicted molar refractivity (Wildman–Crippen MR) is 103 cm³/mol. The molecule has 10 nitrogen and oxygen atoms in total. The highest BCUT2D eigenvalue weighted by Gasteiger charge is 2.28. The van der Waals surface area contributed by atoms with E-state index in [0.29, 0.717) is 23.5 Å². The highest BCUT2D eigenvalue weighted by molar-refractivity contribution is 5.79. The summed E-state index contributed by atoms with van der Waals surface area (Å²) in [4.78, 5) is 28.0. The number of nitrogens with zero attached hydrogens (tertiary/aromatic N) is 6. The van der Waals surface area contributed by atoms with Crippen molar-refractivity contribution in [1.29, 1.82) is 0 Å². The molecule has 0 spiro atoms. The fraction of sp³-hybridized carbons (Fsp3) is 0.333. The minimum Gasteiger partial charge on any atom is -0.369 e. The number of benzene rings is 1. The third kappa shape index (κ3) is 2.82. The van der Waals surface area contributed by atoms with Gasteiger partial charge >= 0.3 is 0 Å². The number of aryl methyl sites for hydroxylation is 1. The van der Waals surface area contributed by atoms with Gasteiger partial charge in [-0.05, 0) is 44.4 Å². The number of amides is 1. The zero-order chi connectivity index (χ0) is 19.3. The summed E-state index contributed by atoms with van der Waals surface area (Å²) in [5.41, 5.74) is 9.28. The summed E-state index contributed by atoms with van der Waals surface area (Å²) in [6, 6.07) is 5.96. The Morgan fingerprint density at radius 1 is 1.29 bits per heavy atom. The molecule has 1 fully saturated rings. The van der Waals surface area contributed by atoms with Gasteiger partial charge in [0, 0.05) is 12.0 Å². The van der Waals surface area contributed by atoms with Gasteiger partial charge in [0.15, 0.2) is 11.2 Å². The smallest absolute Gasteiger partial charge is 0.225 e. The number of carbonyl (C=O) groups excluding carboxylic acids is 1. The second kappa shape index (κ2) is 6.25. The van der Waals surface area contributed by atoms with E-state index in [0.717, 1.165) is 35.4 Å². The van der Waals surface area contributed by atoms with E-state index in [2.05, 4.69) is 35.6 Å². The number of anilines is 1. The first-order chi connectivity index (χ1) is 13.6. The van der Waals surface area contributed by atoms with Crippen LogP contribution >= 0.6 is 0 Å². The normalized spacial score (nSPS) is 19.5. The molecule has 4 N–H and O–H groups in total. The van der Waals surface area contributed by atoms with Crippen LogP contribution in [0.2, 0.25) is 0 Å². The van der Waals surface area contributed by atoms with Gasteiger partial charge in [-0.25, -0.2) is 9.97 Å². The number of carbonyl (C=O) groups is 1. The summed E-state index contributed by atoms with van der Waals surface area (Å²) in [5, 5.41) is 11.7. The number of hydrogen-bond acceptors (Lipinski definition) is 7. The van der Waals surface area contributed by atoms with Crippen LogP contribution in [0.1, 0.15) is 25.1 Å². The first-order valence-corrected chi connectivity index (χ1v) is 9.18. The van der Waals surface area contributed by atoms with Gasteiger partial charge in [0.2, 0.25) is 11.9 Å². The lowest BCUT2D eigenvalue weighted by molar-refractivity contribution is -0.121. The van der Waals surface area contributed by atoms with Crippen molar-refractivity contribution in [3.8, 4) is 5.69 Å². The Hall–Kier alpha value is -3.56. The van der Waals surface area contributed by atoms with Crippen LogP contribution in [0.25, 0.3) is 27.9 Å². The van der Waals surface area contributed by atoms with E-state index in [1.807, 2.05) is 25.1 Å². The first kappa shape index (κ1) is 16.6. The summed E-state index contributed by atoms with van der Waals surface area (Å²) >= 11 is 0. The number of hydrogen-bond donors (Lipinski definition) is 3. The maximum atomic E-state index is 11.4. The molecular weight excluding hydrogens is 358 g/mol. The third-order valence-corrected chi connectivity index (χ3v) is 5.19. The van der Waals surface area contributed by atoms with Crippen LogP contribution in [0.3, 0.4) is 0 Å². The number of nitrogens with two attached hydrogens (primary N) is 1. The molecule has 0 radical (unpaired) electrons.